The predicted octanol–water partition coefficient (Wildman–Crippen LogP) is 7.61. The van der Waals surface area contributed by atoms with Gasteiger partial charge in [0.05, 0.1) is 17.0 Å². The van der Waals surface area contributed by atoms with Crippen molar-refractivity contribution >= 4 is 40.4 Å². The van der Waals surface area contributed by atoms with E-state index in [1.165, 1.54) is 29.8 Å². The van der Waals surface area contributed by atoms with Crippen LogP contribution in [0.1, 0.15) is 53.2 Å². The number of nitrogens with one attached hydrogen (secondary N) is 1. The van der Waals surface area contributed by atoms with Crippen molar-refractivity contribution in [3.05, 3.63) is 80.3 Å². The summed E-state index contributed by atoms with van der Waals surface area (Å²) in [6, 6.07) is 7.06. The number of thiazole rings is 1. The van der Waals surface area contributed by atoms with E-state index < -0.39 is 0 Å². The van der Waals surface area contributed by atoms with Crippen LogP contribution in [0.2, 0.25) is 10.0 Å². The van der Waals surface area contributed by atoms with Gasteiger partial charge in [0, 0.05) is 34.2 Å². The van der Waals surface area contributed by atoms with E-state index in [9.17, 15) is 4.79 Å². The topological polar surface area (TPSA) is 56.1 Å². The van der Waals surface area contributed by atoms with Gasteiger partial charge in [-0.15, -0.1) is 17.9 Å². The number of carbonyl (C=O) groups excluding carboxylic acids is 1. The van der Waals surface area contributed by atoms with Gasteiger partial charge in [-0.05, 0) is 63.3 Å². The van der Waals surface area contributed by atoms with Gasteiger partial charge in [0.25, 0.3) is 5.91 Å². The summed E-state index contributed by atoms with van der Waals surface area (Å²) in [5.74, 6) is 0.497. The van der Waals surface area contributed by atoms with E-state index in [1.54, 1.807) is 24.3 Å². The lowest BCUT2D eigenvalue weighted by atomic mass is 9.97. The lowest BCUT2D eigenvalue weighted by Crippen LogP contribution is -2.23. The molecule has 2 aromatic heterocycles. The Morgan fingerprint density at radius 2 is 2.06 bits per heavy atom. The Labute approximate surface area is 220 Å². The molecule has 184 valence electrons. The van der Waals surface area contributed by atoms with Gasteiger partial charge >= 0.3 is 0 Å². The molecule has 0 atom stereocenters. The maximum absolute atomic E-state index is 12.8. The van der Waals surface area contributed by atoms with Gasteiger partial charge in [-0.2, -0.15) is 0 Å². The SMILES string of the molecule is C=CCNC(=O)c1cc(-c2csc(COc3cc(Cl)cc(Cl)c3)n2)n(CCC2=CCCCC2)c1C. The lowest BCUT2D eigenvalue weighted by Gasteiger charge is -2.15. The molecule has 1 aliphatic carbocycles. The molecule has 0 saturated carbocycles. The smallest absolute Gasteiger partial charge is 0.253 e. The fraction of sp³-hybridized carbons (Fsp3) is 0.333. The molecular weight excluding hydrogens is 501 g/mol. The zero-order valence-electron chi connectivity index (χ0n) is 19.8. The van der Waals surface area contributed by atoms with E-state index in [2.05, 4.69) is 22.5 Å². The Bertz CT molecular complexity index is 1230. The summed E-state index contributed by atoms with van der Waals surface area (Å²) in [5.41, 5.74) is 4.88. The Kier molecular flexibility index (Phi) is 8.71. The third-order valence-electron chi connectivity index (χ3n) is 6.07. The number of halogens is 2. The zero-order chi connectivity index (χ0) is 24.8. The number of carbonyl (C=O) groups is 1. The monoisotopic (exact) mass is 529 g/mol. The van der Waals surface area contributed by atoms with Gasteiger partial charge in [-0.25, -0.2) is 4.98 Å². The van der Waals surface area contributed by atoms with Crippen LogP contribution in [-0.2, 0) is 13.2 Å². The first-order chi connectivity index (χ1) is 16.9. The maximum atomic E-state index is 12.8. The number of hydrogen-bond donors (Lipinski definition) is 1. The minimum atomic E-state index is -0.101. The summed E-state index contributed by atoms with van der Waals surface area (Å²) in [6.45, 7) is 7.24. The molecule has 8 heteroatoms. The lowest BCUT2D eigenvalue weighted by molar-refractivity contribution is 0.0957. The van der Waals surface area contributed by atoms with Gasteiger partial charge in [0.15, 0.2) is 0 Å². The molecule has 1 N–H and O–H groups in total. The average Bonchev–Trinajstić information content (AvgIpc) is 3.44. The van der Waals surface area contributed by atoms with E-state index >= 15 is 0 Å². The van der Waals surface area contributed by atoms with Crippen molar-refractivity contribution < 1.29 is 9.53 Å². The molecule has 0 saturated heterocycles. The second-order valence-corrected chi connectivity index (χ2v) is 10.4. The summed E-state index contributed by atoms with van der Waals surface area (Å²) in [5, 5.41) is 6.79. The van der Waals surface area contributed by atoms with Crippen molar-refractivity contribution in [2.24, 2.45) is 0 Å². The molecule has 0 fully saturated rings. The summed E-state index contributed by atoms with van der Waals surface area (Å²) >= 11 is 13.7. The van der Waals surface area contributed by atoms with E-state index in [0.717, 1.165) is 47.9 Å². The second kappa shape index (κ2) is 11.9. The van der Waals surface area contributed by atoms with Crippen LogP contribution in [0.5, 0.6) is 5.75 Å². The number of aromatic nitrogens is 2. The van der Waals surface area contributed by atoms with Crippen LogP contribution in [0.4, 0.5) is 0 Å². The minimum absolute atomic E-state index is 0.101. The highest BCUT2D eigenvalue weighted by molar-refractivity contribution is 7.09. The molecule has 3 aromatic rings. The van der Waals surface area contributed by atoms with E-state index in [-0.39, 0.29) is 5.91 Å². The van der Waals surface area contributed by atoms with Gasteiger partial charge in [0.2, 0.25) is 0 Å². The molecule has 4 rings (SSSR count). The Morgan fingerprint density at radius 3 is 2.77 bits per heavy atom. The number of benzene rings is 1. The zero-order valence-corrected chi connectivity index (χ0v) is 22.1. The molecule has 0 unspecified atom stereocenters. The number of nitrogens with zero attached hydrogens (tertiary/aromatic N) is 2. The normalized spacial score (nSPS) is 13.4. The molecule has 0 radical (unpaired) electrons. The van der Waals surface area contributed by atoms with E-state index in [0.29, 0.717) is 34.5 Å². The highest BCUT2D eigenvalue weighted by Crippen LogP contribution is 2.30. The molecule has 2 heterocycles. The number of amides is 1. The van der Waals surface area contributed by atoms with Crippen molar-refractivity contribution in [2.75, 3.05) is 6.54 Å². The summed E-state index contributed by atoms with van der Waals surface area (Å²) in [6.07, 6.45) is 9.89. The van der Waals surface area contributed by atoms with Crippen LogP contribution in [0.25, 0.3) is 11.4 Å². The molecule has 0 bridgehead atoms. The fourth-order valence-electron chi connectivity index (χ4n) is 4.27. The molecular formula is C27H29Cl2N3O2S. The molecule has 35 heavy (non-hydrogen) atoms. The minimum Gasteiger partial charge on any atom is -0.486 e. The Morgan fingerprint density at radius 1 is 1.26 bits per heavy atom. The number of rotatable bonds is 10. The third-order valence-corrected chi connectivity index (χ3v) is 7.33. The summed E-state index contributed by atoms with van der Waals surface area (Å²) in [7, 11) is 0. The first-order valence-corrected chi connectivity index (χ1v) is 13.4. The molecule has 1 amide bonds. The first-order valence-electron chi connectivity index (χ1n) is 11.8. The predicted molar refractivity (Wildman–Crippen MR) is 145 cm³/mol. The van der Waals surface area contributed by atoms with E-state index in [4.69, 9.17) is 32.9 Å². The van der Waals surface area contributed by atoms with Crippen molar-refractivity contribution in [3.8, 4) is 17.1 Å². The van der Waals surface area contributed by atoms with Gasteiger partial charge in [-0.3, -0.25) is 4.79 Å². The van der Waals surface area contributed by atoms with Gasteiger partial charge < -0.3 is 14.6 Å². The Hall–Kier alpha value is -2.54. The van der Waals surface area contributed by atoms with Crippen LogP contribution in [0, 0.1) is 6.92 Å². The quantitative estimate of drug-likeness (QED) is 0.275. The van der Waals surface area contributed by atoms with E-state index in [1.807, 2.05) is 18.4 Å². The first kappa shape index (κ1) is 25.5. The standard InChI is InChI=1S/C27H29Cl2N3O2S/c1-3-10-30-27(33)23-15-25(32(18(23)2)11-9-19-7-5-4-6-8-19)24-17-35-26(31-24)16-34-22-13-20(28)12-21(29)14-22/h3,7,12-15,17H,1,4-6,8-11,16H2,2H3,(H,30,33). The van der Waals surface area contributed by atoms with Crippen LogP contribution < -0.4 is 10.1 Å². The molecule has 1 aromatic carbocycles. The van der Waals surface area contributed by atoms with Crippen LogP contribution in [-0.4, -0.2) is 22.0 Å². The molecule has 5 nitrogen and oxygen atoms in total. The second-order valence-electron chi connectivity index (χ2n) is 8.56. The van der Waals surface area contributed by atoms with Gasteiger partial charge in [-0.1, -0.05) is 40.9 Å². The van der Waals surface area contributed by atoms with Crippen LogP contribution >= 0.6 is 34.5 Å². The van der Waals surface area contributed by atoms with Crippen LogP contribution in [0.15, 0.2) is 53.9 Å². The third kappa shape index (κ3) is 6.57. The fourth-order valence-corrected chi connectivity index (χ4v) is 5.48. The van der Waals surface area contributed by atoms with Crippen molar-refractivity contribution in [2.45, 2.75) is 52.2 Å². The molecule has 0 aliphatic heterocycles. The highest BCUT2D eigenvalue weighted by atomic mass is 35.5. The number of ether oxygens (including phenoxy) is 1. The Balaban J connectivity index is 1.56. The van der Waals surface area contributed by atoms with Crippen molar-refractivity contribution in [3.63, 3.8) is 0 Å². The van der Waals surface area contributed by atoms with Crippen LogP contribution in [0.3, 0.4) is 0 Å². The highest BCUT2D eigenvalue weighted by Gasteiger charge is 2.20. The van der Waals surface area contributed by atoms with Crippen molar-refractivity contribution in [1.29, 1.82) is 0 Å². The number of hydrogen-bond acceptors (Lipinski definition) is 4. The summed E-state index contributed by atoms with van der Waals surface area (Å²) < 4.78 is 8.08. The molecule has 1 aliphatic rings. The van der Waals surface area contributed by atoms with Gasteiger partial charge in [0.1, 0.15) is 17.4 Å². The largest absolute Gasteiger partial charge is 0.486 e. The number of allylic oxidation sites excluding steroid dienone is 2. The maximum Gasteiger partial charge on any atom is 0.253 e. The summed E-state index contributed by atoms with van der Waals surface area (Å²) in [4.78, 5) is 17.6. The van der Waals surface area contributed by atoms with Crippen molar-refractivity contribution in [1.82, 2.24) is 14.9 Å². The average molecular weight is 531 g/mol. The molecule has 0 spiro atoms.